The quantitative estimate of drug-likeness (QED) is 0.309. The fourth-order valence-electron chi connectivity index (χ4n) is 2.75. The number of amides is 2. The van der Waals surface area contributed by atoms with Crippen molar-refractivity contribution in [1.82, 2.24) is 10.7 Å². The number of nitrogens with zero attached hydrogens (tertiary/aromatic N) is 1. The number of nitrogens with one attached hydrogen (secondary N) is 2. The molecule has 3 aromatic rings. The Balaban J connectivity index is 1.42. The zero-order chi connectivity index (χ0) is 25.0. The van der Waals surface area contributed by atoms with E-state index in [1.807, 2.05) is 0 Å². The zero-order valence-electron chi connectivity index (χ0n) is 18.8. The summed E-state index contributed by atoms with van der Waals surface area (Å²) in [6.45, 7) is -0.260. The Kier molecular flexibility index (Phi) is 9.44. The molecular weight excluding hydrogens is 477 g/mol. The summed E-state index contributed by atoms with van der Waals surface area (Å²) in [5.74, 6) is 0.178. The summed E-state index contributed by atoms with van der Waals surface area (Å²) in [5, 5.41) is 6.87. The number of rotatable bonds is 11. The molecule has 35 heavy (non-hydrogen) atoms. The number of hydrogen-bond acceptors (Lipinski definition) is 6. The lowest BCUT2D eigenvalue weighted by Crippen LogP contribution is -2.37. The molecule has 2 amide bonds. The minimum atomic E-state index is -0.507. The third-order valence-electron chi connectivity index (χ3n) is 4.53. The van der Waals surface area contributed by atoms with E-state index in [0.717, 1.165) is 5.56 Å². The molecule has 2 N–H and O–H groups in total. The molecule has 8 nitrogen and oxygen atoms in total. The maximum Gasteiger partial charge on any atom is 0.259 e. The van der Waals surface area contributed by atoms with Gasteiger partial charge in [-0.15, -0.1) is 0 Å². The highest BCUT2D eigenvalue weighted by Crippen LogP contribution is 2.28. The van der Waals surface area contributed by atoms with Gasteiger partial charge in [0.2, 0.25) is 0 Å². The van der Waals surface area contributed by atoms with Crippen LogP contribution in [0.1, 0.15) is 11.1 Å². The van der Waals surface area contributed by atoms with Gasteiger partial charge in [0.25, 0.3) is 11.8 Å². The number of benzene rings is 3. The first-order chi connectivity index (χ1) is 16.9. The van der Waals surface area contributed by atoms with Crippen LogP contribution in [0, 0.1) is 5.82 Å². The molecule has 0 saturated carbocycles. The number of hydrogen-bond donors (Lipinski definition) is 2. The molecular formula is C25H23ClFN3O5. The smallest absolute Gasteiger partial charge is 0.259 e. The Hall–Kier alpha value is -4.11. The number of methoxy groups -OCH3 is 1. The van der Waals surface area contributed by atoms with Gasteiger partial charge in [0.15, 0.2) is 18.1 Å². The SMILES string of the molecule is COc1cc(/C=N/NC(=O)CNC(=O)COc2ccc(Cl)cc2)ccc1OCc1ccc(F)cc1. The van der Waals surface area contributed by atoms with E-state index in [4.69, 9.17) is 25.8 Å². The Labute approximate surface area is 206 Å². The van der Waals surface area contributed by atoms with Gasteiger partial charge in [0, 0.05) is 5.02 Å². The first-order valence-corrected chi connectivity index (χ1v) is 10.8. The van der Waals surface area contributed by atoms with Crippen molar-refractivity contribution in [2.24, 2.45) is 5.10 Å². The topological polar surface area (TPSA) is 98.2 Å². The van der Waals surface area contributed by atoms with Crippen LogP contribution in [0.25, 0.3) is 0 Å². The largest absolute Gasteiger partial charge is 0.493 e. The van der Waals surface area contributed by atoms with E-state index >= 15 is 0 Å². The Bertz CT molecular complexity index is 1170. The van der Waals surface area contributed by atoms with E-state index < -0.39 is 11.8 Å². The van der Waals surface area contributed by atoms with Gasteiger partial charge in [0.1, 0.15) is 18.2 Å². The van der Waals surface area contributed by atoms with Crippen LogP contribution < -0.4 is 25.0 Å². The highest BCUT2D eigenvalue weighted by atomic mass is 35.5. The molecule has 0 aliphatic rings. The Morgan fingerprint density at radius 3 is 2.43 bits per heavy atom. The van der Waals surface area contributed by atoms with Crippen molar-refractivity contribution in [3.8, 4) is 17.2 Å². The average Bonchev–Trinajstić information content (AvgIpc) is 2.87. The molecule has 0 aliphatic heterocycles. The van der Waals surface area contributed by atoms with E-state index in [1.165, 1.54) is 25.5 Å². The molecule has 182 valence electrons. The molecule has 0 radical (unpaired) electrons. The molecule has 0 spiro atoms. The molecule has 0 heterocycles. The Morgan fingerprint density at radius 2 is 1.71 bits per heavy atom. The lowest BCUT2D eigenvalue weighted by Gasteiger charge is -2.11. The maximum absolute atomic E-state index is 13.0. The van der Waals surface area contributed by atoms with Crippen LogP contribution >= 0.6 is 11.6 Å². The van der Waals surface area contributed by atoms with Crippen molar-refractivity contribution >= 4 is 29.6 Å². The number of halogens is 2. The molecule has 10 heteroatoms. The predicted molar refractivity (Wildman–Crippen MR) is 129 cm³/mol. The number of ether oxygens (including phenoxy) is 3. The van der Waals surface area contributed by atoms with Crippen molar-refractivity contribution in [1.29, 1.82) is 0 Å². The van der Waals surface area contributed by atoms with Gasteiger partial charge in [-0.25, -0.2) is 9.82 Å². The van der Waals surface area contributed by atoms with Crippen LogP contribution in [0.5, 0.6) is 17.2 Å². The molecule has 0 fully saturated rings. The zero-order valence-corrected chi connectivity index (χ0v) is 19.5. The van der Waals surface area contributed by atoms with Crippen molar-refractivity contribution in [2.45, 2.75) is 6.61 Å². The van der Waals surface area contributed by atoms with Crippen molar-refractivity contribution in [3.63, 3.8) is 0 Å². The monoisotopic (exact) mass is 499 g/mol. The molecule has 0 unspecified atom stereocenters. The highest BCUT2D eigenvalue weighted by molar-refractivity contribution is 6.30. The summed E-state index contributed by atoms with van der Waals surface area (Å²) >= 11 is 5.79. The van der Waals surface area contributed by atoms with Gasteiger partial charge in [-0.3, -0.25) is 9.59 Å². The second-order valence-corrected chi connectivity index (χ2v) is 7.57. The summed E-state index contributed by atoms with van der Waals surface area (Å²) in [6, 6.07) is 17.7. The van der Waals surface area contributed by atoms with E-state index in [1.54, 1.807) is 54.6 Å². The molecule has 3 aromatic carbocycles. The summed E-state index contributed by atoms with van der Waals surface area (Å²) in [7, 11) is 1.50. The van der Waals surface area contributed by atoms with Gasteiger partial charge < -0.3 is 19.5 Å². The second-order valence-electron chi connectivity index (χ2n) is 7.14. The maximum atomic E-state index is 13.0. The van der Waals surface area contributed by atoms with Crippen LogP contribution in [0.4, 0.5) is 4.39 Å². The van der Waals surface area contributed by atoms with E-state index in [2.05, 4.69) is 15.8 Å². The summed E-state index contributed by atoms with van der Waals surface area (Å²) < 4.78 is 29.4. The van der Waals surface area contributed by atoms with Gasteiger partial charge in [-0.2, -0.15) is 5.10 Å². The average molecular weight is 500 g/mol. The second kappa shape index (κ2) is 13.0. The van der Waals surface area contributed by atoms with Gasteiger partial charge >= 0.3 is 0 Å². The molecule has 0 bridgehead atoms. The standard InChI is InChI=1S/C25H23ClFN3O5/c1-33-23-12-18(4-11-22(23)35-15-17-2-7-20(27)8-3-17)13-29-30-24(31)14-28-25(32)16-34-21-9-5-19(26)6-10-21/h2-13H,14-16H2,1H3,(H,28,32)(H,30,31)/b29-13+. The van der Waals surface area contributed by atoms with Gasteiger partial charge in [-0.1, -0.05) is 23.7 Å². The molecule has 0 atom stereocenters. The fraction of sp³-hybridized carbons (Fsp3) is 0.160. The van der Waals surface area contributed by atoms with Gasteiger partial charge in [0.05, 0.1) is 19.9 Å². The minimum Gasteiger partial charge on any atom is -0.493 e. The van der Waals surface area contributed by atoms with Crippen molar-refractivity contribution in [3.05, 3.63) is 88.7 Å². The summed E-state index contributed by atoms with van der Waals surface area (Å²) in [6.07, 6.45) is 1.43. The number of carbonyl (C=O) groups excluding carboxylic acids is 2. The molecule has 0 saturated heterocycles. The van der Waals surface area contributed by atoms with E-state index in [-0.39, 0.29) is 25.6 Å². The minimum absolute atomic E-state index is 0.243. The van der Waals surface area contributed by atoms with Gasteiger partial charge in [-0.05, 0) is 65.7 Å². The highest BCUT2D eigenvalue weighted by Gasteiger charge is 2.08. The first-order valence-electron chi connectivity index (χ1n) is 10.4. The molecule has 0 aliphatic carbocycles. The Morgan fingerprint density at radius 1 is 0.971 bits per heavy atom. The molecule has 0 aromatic heterocycles. The van der Waals surface area contributed by atoms with Crippen LogP contribution in [-0.4, -0.2) is 38.3 Å². The summed E-state index contributed by atoms with van der Waals surface area (Å²) in [5.41, 5.74) is 3.79. The van der Waals surface area contributed by atoms with E-state index in [0.29, 0.717) is 27.8 Å². The number of carbonyl (C=O) groups is 2. The normalized spacial score (nSPS) is 10.6. The first kappa shape index (κ1) is 25.5. The van der Waals surface area contributed by atoms with Crippen molar-refractivity contribution in [2.75, 3.05) is 20.3 Å². The van der Waals surface area contributed by atoms with Crippen LogP contribution in [0.3, 0.4) is 0 Å². The third kappa shape index (κ3) is 8.63. The lowest BCUT2D eigenvalue weighted by molar-refractivity contribution is -0.127. The molecule has 3 rings (SSSR count). The van der Waals surface area contributed by atoms with Crippen LogP contribution in [0.2, 0.25) is 5.02 Å². The fourth-order valence-corrected chi connectivity index (χ4v) is 2.88. The van der Waals surface area contributed by atoms with Crippen LogP contribution in [-0.2, 0) is 16.2 Å². The third-order valence-corrected chi connectivity index (χ3v) is 4.78. The van der Waals surface area contributed by atoms with E-state index in [9.17, 15) is 14.0 Å². The van der Waals surface area contributed by atoms with Crippen molar-refractivity contribution < 1.29 is 28.2 Å². The summed E-state index contributed by atoms with van der Waals surface area (Å²) in [4.78, 5) is 23.7. The predicted octanol–water partition coefficient (Wildman–Crippen LogP) is 3.71. The number of hydrazone groups is 1. The van der Waals surface area contributed by atoms with Crippen LogP contribution in [0.15, 0.2) is 71.8 Å². The lowest BCUT2D eigenvalue weighted by atomic mass is 10.2.